The zero-order valence-electron chi connectivity index (χ0n) is 13.6. The standard InChI is InChI=1S/C18H23NO4/c1-3-19(4-2)12-14-23-17(20)18(21,16-11-8-13-22-16)15-9-6-5-7-10-15/h5-11,13,21H,3-4,12,14H2,1-2H3/t18-/m0/s1. The highest BCUT2D eigenvalue weighted by Crippen LogP contribution is 2.31. The molecule has 1 aromatic carbocycles. The highest BCUT2D eigenvalue weighted by Gasteiger charge is 2.44. The van der Waals surface area contributed by atoms with Crippen molar-refractivity contribution in [2.24, 2.45) is 0 Å². The van der Waals surface area contributed by atoms with Crippen molar-refractivity contribution in [3.05, 3.63) is 60.1 Å². The maximum atomic E-state index is 12.6. The molecular weight excluding hydrogens is 294 g/mol. The first kappa shape index (κ1) is 17.2. The third-order valence-corrected chi connectivity index (χ3v) is 3.90. The molecule has 2 rings (SSSR count). The minimum absolute atomic E-state index is 0.150. The van der Waals surface area contributed by atoms with Crippen LogP contribution in [-0.2, 0) is 15.1 Å². The van der Waals surface area contributed by atoms with Gasteiger partial charge in [-0.2, -0.15) is 0 Å². The SMILES string of the molecule is CCN(CC)CCOC(=O)[C@](O)(c1ccccc1)c1ccco1. The summed E-state index contributed by atoms with van der Waals surface area (Å²) >= 11 is 0. The topological polar surface area (TPSA) is 62.9 Å². The van der Waals surface area contributed by atoms with Gasteiger partial charge in [0.2, 0.25) is 5.60 Å². The maximum absolute atomic E-state index is 12.6. The fourth-order valence-corrected chi connectivity index (χ4v) is 2.44. The number of nitrogens with zero attached hydrogens (tertiary/aromatic N) is 1. The van der Waals surface area contributed by atoms with Crippen LogP contribution in [0.2, 0.25) is 0 Å². The van der Waals surface area contributed by atoms with Crippen molar-refractivity contribution in [1.29, 1.82) is 0 Å². The number of hydrogen-bond acceptors (Lipinski definition) is 5. The molecule has 1 aromatic heterocycles. The summed E-state index contributed by atoms with van der Waals surface area (Å²) in [6.07, 6.45) is 1.42. The van der Waals surface area contributed by atoms with Gasteiger partial charge in [-0.05, 0) is 25.2 Å². The van der Waals surface area contributed by atoms with Crippen LogP contribution in [0, 0.1) is 0 Å². The molecule has 0 amide bonds. The van der Waals surface area contributed by atoms with E-state index in [1.54, 1.807) is 36.4 Å². The fourth-order valence-electron chi connectivity index (χ4n) is 2.44. The van der Waals surface area contributed by atoms with Crippen LogP contribution in [0.25, 0.3) is 0 Å². The first-order valence-corrected chi connectivity index (χ1v) is 7.84. The number of hydrogen-bond donors (Lipinski definition) is 1. The van der Waals surface area contributed by atoms with Gasteiger partial charge < -0.3 is 19.2 Å². The lowest BCUT2D eigenvalue weighted by Crippen LogP contribution is -2.39. The van der Waals surface area contributed by atoms with E-state index in [1.807, 2.05) is 6.07 Å². The van der Waals surface area contributed by atoms with Gasteiger partial charge in [-0.3, -0.25) is 0 Å². The minimum atomic E-state index is -1.94. The number of ether oxygens (including phenoxy) is 1. The van der Waals surface area contributed by atoms with Crippen LogP contribution in [-0.4, -0.2) is 42.2 Å². The zero-order chi connectivity index (χ0) is 16.7. The molecule has 0 saturated heterocycles. The van der Waals surface area contributed by atoms with E-state index in [9.17, 15) is 9.90 Å². The van der Waals surface area contributed by atoms with Gasteiger partial charge in [0.25, 0.3) is 0 Å². The number of esters is 1. The molecule has 0 fully saturated rings. The van der Waals surface area contributed by atoms with E-state index in [0.717, 1.165) is 13.1 Å². The molecular formula is C18H23NO4. The monoisotopic (exact) mass is 317 g/mol. The quantitative estimate of drug-likeness (QED) is 0.758. The van der Waals surface area contributed by atoms with Crippen molar-refractivity contribution in [2.75, 3.05) is 26.2 Å². The normalized spacial score (nSPS) is 13.7. The number of likely N-dealkylation sites (N-methyl/N-ethyl adjacent to an activating group) is 1. The van der Waals surface area contributed by atoms with Crippen LogP contribution < -0.4 is 0 Å². The molecule has 0 aliphatic carbocycles. The van der Waals surface area contributed by atoms with Gasteiger partial charge in [-0.1, -0.05) is 44.2 Å². The van der Waals surface area contributed by atoms with E-state index < -0.39 is 11.6 Å². The Bertz CT molecular complexity index is 593. The molecule has 1 N–H and O–H groups in total. The Balaban J connectivity index is 2.17. The van der Waals surface area contributed by atoms with Crippen molar-refractivity contribution in [1.82, 2.24) is 4.90 Å². The van der Waals surface area contributed by atoms with E-state index in [4.69, 9.17) is 9.15 Å². The Kier molecular flexibility index (Phi) is 5.96. The molecule has 1 heterocycles. The average molecular weight is 317 g/mol. The van der Waals surface area contributed by atoms with E-state index in [2.05, 4.69) is 18.7 Å². The molecule has 0 spiro atoms. The zero-order valence-corrected chi connectivity index (χ0v) is 13.6. The van der Waals surface area contributed by atoms with Crippen molar-refractivity contribution in [3.63, 3.8) is 0 Å². The van der Waals surface area contributed by atoms with Gasteiger partial charge in [-0.15, -0.1) is 0 Å². The van der Waals surface area contributed by atoms with Crippen LogP contribution >= 0.6 is 0 Å². The summed E-state index contributed by atoms with van der Waals surface area (Å²) in [5, 5.41) is 11.0. The van der Waals surface area contributed by atoms with Crippen LogP contribution in [0.4, 0.5) is 0 Å². The predicted octanol–water partition coefficient (Wildman–Crippen LogP) is 2.40. The third-order valence-electron chi connectivity index (χ3n) is 3.90. The third kappa shape index (κ3) is 3.81. The van der Waals surface area contributed by atoms with Crippen LogP contribution in [0.3, 0.4) is 0 Å². The van der Waals surface area contributed by atoms with Crippen molar-refractivity contribution in [2.45, 2.75) is 19.4 Å². The molecule has 0 bridgehead atoms. The lowest BCUT2D eigenvalue weighted by atomic mass is 9.91. The first-order valence-electron chi connectivity index (χ1n) is 7.84. The molecule has 0 unspecified atom stereocenters. The number of rotatable bonds is 8. The summed E-state index contributed by atoms with van der Waals surface area (Å²) in [6, 6.07) is 11.9. The van der Waals surface area contributed by atoms with Gasteiger partial charge in [0.15, 0.2) is 5.76 Å². The van der Waals surface area contributed by atoms with Gasteiger partial charge in [-0.25, -0.2) is 4.79 Å². The molecule has 1 atom stereocenters. The first-order chi connectivity index (χ1) is 11.1. The van der Waals surface area contributed by atoms with Crippen molar-refractivity contribution < 1.29 is 19.1 Å². The number of benzene rings is 1. The Morgan fingerprint density at radius 1 is 1.17 bits per heavy atom. The molecule has 0 radical (unpaired) electrons. The van der Waals surface area contributed by atoms with E-state index in [-0.39, 0.29) is 12.4 Å². The van der Waals surface area contributed by atoms with E-state index in [1.165, 1.54) is 6.26 Å². The van der Waals surface area contributed by atoms with E-state index >= 15 is 0 Å². The van der Waals surface area contributed by atoms with Crippen molar-refractivity contribution in [3.8, 4) is 0 Å². The predicted molar refractivity (Wildman–Crippen MR) is 86.9 cm³/mol. The smallest absolute Gasteiger partial charge is 0.351 e. The largest absolute Gasteiger partial charge is 0.465 e. The summed E-state index contributed by atoms with van der Waals surface area (Å²) in [5.74, 6) is -0.581. The van der Waals surface area contributed by atoms with Crippen LogP contribution in [0.15, 0.2) is 53.1 Å². The molecule has 23 heavy (non-hydrogen) atoms. The Hall–Kier alpha value is -2.11. The van der Waals surface area contributed by atoms with E-state index in [0.29, 0.717) is 12.1 Å². The van der Waals surface area contributed by atoms with Gasteiger partial charge in [0.1, 0.15) is 6.61 Å². The molecule has 0 aliphatic heterocycles. The van der Waals surface area contributed by atoms with Crippen LogP contribution in [0.5, 0.6) is 0 Å². The summed E-state index contributed by atoms with van der Waals surface area (Å²) in [6.45, 7) is 6.71. The second-order valence-corrected chi connectivity index (χ2v) is 5.22. The highest BCUT2D eigenvalue weighted by atomic mass is 16.6. The Labute approximate surface area is 136 Å². The van der Waals surface area contributed by atoms with Gasteiger partial charge in [0.05, 0.1) is 6.26 Å². The van der Waals surface area contributed by atoms with Gasteiger partial charge in [0, 0.05) is 12.1 Å². The molecule has 2 aromatic rings. The molecule has 5 nitrogen and oxygen atoms in total. The molecule has 0 aliphatic rings. The lowest BCUT2D eigenvalue weighted by Gasteiger charge is -2.25. The summed E-state index contributed by atoms with van der Waals surface area (Å²) in [4.78, 5) is 14.7. The van der Waals surface area contributed by atoms with Crippen molar-refractivity contribution >= 4 is 5.97 Å². The molecule has 5 heteroatoms. The summed E-state index contributed by atoms with van der Waals surface area (Å²) in [7, 11) is 0. The number of furan rings is 1. The minimum Gasteiger partial charge on any atom is -0.465 e. The lowest BCUT2D eigenvalue weighted by molar-refractivity contribution is -0.164. The number of carbonyl (C=O) groups is 1. The molecule has 124 valence electrons. The second-order valence-electron chi connectivity index (χ2n) is 5.22. The number of carbonyl (C=O) groups excluding carboxylic acids is 1. The Morgan fingerprint density at radius 2 is 1.87 bits per heavy atom. The second kappa shape index (κ2) is 7.94. The fraction of sp³-hybridized carbons (Fsp3) is 0.389. The summed E-state index contributed by atoms with van der Waals surface area (Å²) in [5.41, 5.74) is -1.52. The van der Waals surface area contributed by atoms with Gasteiger partial charge >= 0.3 is 5.97 Å². The Morgan fingerprint density at radius 3 is 2.43 bits per heavy atom. The average Bonchev–Trinajstić information content (AvgIpc) is 3.13. The number of aliphatic hydroxyl groups is 1. The maximum Gasteiger partial charge on any atom is 0.351 e. The molecule has 0 saturated carbocycles. The summed E-state index contributed by atoms with van der Waals surface area (Å²) < 4.78 is 10.6. The van der Waals surface area contributed by atoms with Crippen LogP contribution in [0.1, 0.15) is 25.2 Å². The highest BCUT2D eigenvalue weighted by molar-refractivity contribution is 5.84.